The van der Waals surface area contributed by atoms with Crippen molar-refractivity contribution in [1.82, 2.24) is 4.90 Å². The summed E-state index contributed by atoms with van der Waals surface area (Å²) in [6.45, 7) is 2.48. The fraction of sp³-hybridized carbons (Fsp3) is 0.125. The molecular formula is C16H14N2O2S2. The topological polar surface area (TPSA) is 59.5 Å². The van der Waals surface area contributed by atoms with E-state index in [0.717, 1.165) is 5.56 Å². The highest BCUT2D eigenvalue weighted by Gasteiger charge is 2.30. The number of para-hydroxylation sites is 1. The first-order valence-electron chi connectivity index (χ1n) is 6.80. The van der Waals surface area contributed by atoms with E-state index in [1.165, 1.54) is 11.8 Å². The van der Waals surface area contributed by atoms with Gasteiger partial charge in [0, 0.05) is 23.9 Å². The molecule has 1 fully saturated rings. The Labute approximate surface area is 138 Å². The van der Waals surface area contributed by atoms with Gasteiger partial charge in [-0.3, -0.25) is 9.69 Å². The molecule has 1 aliphatic rings. The number of likely N-dealkylation sites (N-methyl/N-ethyl adjacent to an activating group) is 1. The Morgan fingerprint density at radius 2 is 2.09 bits per heavy atom. The van der Waals surface area contributed by atoms with Crippen LogP contribution in [0.4, 0.5) is 5.69 Å². The Bertz CT molecular complexity index is 780. The third-order valence-electron chi connectivity index (χ3n) is 3.32. The molecule has 1 aliphatic heterocycles. The molecule has 6 heteroatoms. The molecule has 0 bridgehead atoms. The summed E-state index contributed by atoms with van der Waals surface area (Å²) in [5.74, 6) is 1.21. The fourth-order valence-electron chi connectivity index (χ4n) is 2.20. The maximum absolute atomic E-state index is 12.2. The van der Waals surface area contributed by atoms with Gasteiger partial charge in [0.25, 0.3) is 5.91 Å². The molecule has 0 unspecified atom stereocenters. The lowest BCUT2D eigenvalue weighted by atomic mass is 10.1. The van der Waals surface area contributed by atoms with E-state index >= 15 is 0 Å². The first kappa shape index (κ1) is 14.9. The van der Waals surface area contributed by atoms with Crippen molar-refractivity contribution in [2.45, 2.75) is 6.92 Å². The minimum atomic E-state index is -0.0744. The number of nitrogen functional groups attached to an aromatic ring is 1. The molecule has 1 amide bonds. The summed E-state index contributed by atoms with van der Waals surface area (Å²) in [5.41, 5.74) is 7.43. The Hall–Kier alpha value is -2.05. The van der Waals surface area contributed by atoms with Gasteiger partial charge in [-0.1, -0.05) is 36.1 Å². The van der Waals surface area contributed by atoms with Gasteiger partial charge in [-0.25, -0.2) is 0 Å². The Morgan fingerprint density at radius 3 is 2.77 bits per heavy atom. The number of benzene rings is 1. The number of anilines is 1. The number of furan rings is 1. The number of hydrogen-bond donors (Lipinski definition) is 1. The van der Waals surface area contributed by atoms with Crippen molar-refractivity contribution in [2.75, 3.05) is 12.3 Å². The summed E-state index contributed by atoms with van der Waals surface area (Å²) in [4.78, 5) is 14.3. The smallest absolute Gasteiger partial charge is 0.266 e. The van der Waals surface area contributed by atoms with Gasteiger partial charge in [0.2, 0.25) is 0 Å². The van der Waals surface area contributed by atoms with Crippen molar-refractivity contribution in [2.24, 2.45) is 0 Å². The highest BCUT2D eigenvalue weighted by atomic mass is 32.2. The SMILES string of the molecule is CCN1C(=O)/C(=C/c2ccc(-c3ccccc3N)o2)SC1=S. The fourth-order valence-corrected chi connectivity index (χ4v) is 3.56. The number of nitrogens with zero attached hydrogens (tertiary/aromatic N) is 1. The summed E-state index contributed by atoms with van der Waals surface area (Å²) in [6.07, 6.45) is 1.72. The van der Waals surface area contributed by atoms with E-state index in [2.05, 4.69) is 0 Å². The van der Waals surface area contributed by atoms with E-state index in [1.54, 1.807) is 11.0 Å². The minimum absolute atomic E-state index is 0.0744. The van der Waals surface area contributed by atoms with Crippen molar-refractivity contribution in [3.05, 3.63) is 47.1 Å². The lowest BCUT2D eigenvalue weighted by Gasteiger charge is -2.09. The first-order chi connectivity index (χ1) is 10.6. The molecular weight excluding hydrogens is 316 g/mol. The van der Waals surface area contributed by atoms with E-state index in [1.807, 2.05) is 43.3 Å². The van der Waals surface area contributed by atoms with Gasteiger partial charge in [0.05, 0.1) is 4.91 Å². The normalized spacial score (nSPS) is 16.8. The average molecular weight is 330 g/mol. The van der Waals surface area contributed by atoms with Crippen LogP contribution in [0, 0.1) is 0 Å². The molecule has 0 spiro atoms. The van der Waals surface area contributed by atoms with Crippen molar-refractivity contribution in [3.8, 4) is 11.3 Å². The number of thiocarbonyl (C=S) groups is 1. The molecule has 1 aromatic carbocycles. The van der Waals surface area contributed by atoms with Gasteiger partial charge in [0.15, 0.2) is 0 Å². The summed E-state index contributed by atoms with van der Waals surface area (Å²) < 4.78 is 6.36. The van der Waals surface area contributed by atoms with Crippen LogP contribution in [-0.4, -0.2) is 21.7 Å². The van der Waals surface area contributed by atoms with Gasteiger partial charge < -0.3 is 10.2 Å². The van der Waals surface area contributed by atoms with E-state index in [4.69, 9.17) is 22.4 Å². The minimum Gasteiger partial charge on any atom is -0.457 e. The lowest BCUT2D eigenvalue weighted by molar-refractivity contribution is -0.121. The quantitative estimate of drug-likeness (QED) is 0.528. The van der Waals surface area contributed by atoms with Gasteiger partial charge in [-0.15, -0.1) is 0 Å². The first-order valence-corrected chi connectivity index (χ1v) is 8.02. The zero-order valence-electron chi connectivity index (χ0n) is 11.9. The average Bonchev–Trinajstić information content (AvgIpc) is 3.05. The molecule has 0 atom stereocenters. The second kappa shape index (κ2) is 5.98. The number of hydrogen-bond acceptors (Lipinski definition) is 5. The molecule has 4 nitrogen and oxygen atoms in total. The molecule has 112 valence electrons. The van der Waals surface area contributed by atoms with Gasteiger partial charge in [-0.05, 0) is 31.2 Å². The Morgan fingerprint density at radius 1 is 1.32 bits per heavy atom. The van der Waals surface area contributed by atoms with Crippen molar-refractivity contribution < 1.29 is 9.21 Å². The Balaban J connectivity index is 1.90. The van der Waals surface area contributed by atoms with Crippen LogP contribution in [0.15, 0.2) is 45.7 Å². The van der Waals surface area contributed by atoms with Crippen LogP contribution in [0.25, 0.3) is 17.4 Å². The van der Waals surface area contributed by atoms with E-state index in [0.29, 0.717) is 33.0 Å². The molecule has 0 radical (unpaired) electrons. The maximum Gasteiger partial charge on any atom is 0.266 e. The van der Waals surface area contributed by atoms with E-state index in [-0.39, 0.29) is 5.91 Å². The second-order valence-corrected chi connectivity index (χ2v) is 6.39. The molecule has 2 heterocycles. The zero-order valence-corrected chi connectivity index (χ0v) is 13.5. The van der Waals surface area contributed by atoms with Crippen LogP contribution < -0.4 is 5.73 Å². The molecule has 22 heavy (non-hydrogen) atoms. The summed E-state index contributed by atoms with van der Waals surface area (Å²) >= 11 is 6.48. The van der Waals surface area contributed by atoms with E-state index < -0.39 is 0 Å². The predicted octanol–water partition coefficient (Wildman–Crippen LogP) is 3.75. The second-order valence-electron chi connectivity index (χ2n) is 4.72. The molecule has 0 saturated carbocycles. The molecule has 2 N–H and O–H groups in total. The van der Waals surface area contributed by atoms with Crippen LogP contribution in [-0.2, 0) is 4.79 Å². The number of nitrogens with two attached hydrogens (primary N) is 1. The third-order valence-corrected chi connectivity index (χ3v) is 4.69. The van der Waals surface area contributed by atoms with Crippen molar-refractivity contribution in [1.29, 1.82) is 0 Å². The van der Waals surface area contributed by atoms with Gasteiger partial charge in [-0.2, -0.15) is 0 Å². The van der Waals surface area contributed by atoms with Crippen molar-refractivity contribution >= 4 is 46.0 Å². The van der Waals surface area contributed by atoms with E-state index in [9.17, 15) is 4.79 Å². The highest BCUT2D eigenvalue weighted by Crippen LogP contribution is 2.34. The van der Waals surface area contributed by atoms with Gasteiger partial charge in [0.1, 0.15) is 15.8 Å². The van der Waals surface area contributed by atoms with Crippen LogP contribution in [0.2, 0.25) is 0 Å². The molecule has 1 saturated heterocycles. The largest absolute Gasteiger partial charge is 0.457 e. The molecule has 2 aromatic rings. The monoisotopic (exact) mass is 330 g/mol. The lowest BCUT2D eigenvalue weighted by Crippen LogP contribution is -2.27. The third kappa shape index (κ3) is 2.67. The highest BCUT2D eigenvalue weighted by molar-refractivity contribution is 8.26. The zero-order chi connectivity index (χ0) is 15.7. The van der Waals surface area contributed by atoms with Crippen LogP contribution in [0.5, 0.6) is 0 Å². The standard InChI is InChI=1S/C16H14N2O2S2/c1-2-18-15(19)14(22-16(18)21)9-10-7-8-13(20-10)11-5-3-4-6-12(11)17/h3-9H,2,17H2,1H3/b14-9-. The maximum atomic E-state index is 12.2. The Kier molecular flexibility index (Phi) is 4.04. The van der Waals surface area contributed by atoms with Gasteiger partial charge >= 0.3 is 0 Å². The number of amides is 1. The summed E-state index contributed by atoms with van der Waals surface area (Å²) in [6, 6.07) is 11.2. The summed E-state index contributed by atoms with van der Waals surface area (Å²) in [7, 11) is 0. The number of carbonyl (C=O) groups excluding carboxylic acids is 1. The number of thioether (sulfide) groups is 1. The van der Waals surface area contributed by atoms with Crippen LogP contribution in [0.1, 0.15) is 12.7 Å². The molecule has 0 aliphatic carbocycles. The molecule has 3 rings (SSSR count). The number of rotatable bonds is 3. The summed E-state index contributed by atoms with van der Waals surface area (Å²) in [5, 5.41) is 0. The predicted molar refractivity (Wildman–Crippen MR) is 94.1 cm³/mol. The molecule has 1 aromatic heterocycles. The van der Waals surface area contributed by atoms with Crippen LogP contribution >= 0.6 is 24.0 Å². The number of carbonyl (C=O) groups is 1. The van der Waals surface area contributed by atoms with Crippen molar-refractivity contribution in [3.63, 3.8) is 0 Å². The van der Waals surface area contributed by atoms with Crippen LogP contribution in [0.3, 0.4) is 0 Å².